The average molecular weight is 563 g/mol. The van der Waals surface area contributed by atoms with Crippen molar-refractivity contribution in [3.8, 4) is 0 Å². The van der Waals surface area contributed by atoms with E-state index in [4.69, 9.17) is 11.6 Å². The molecule has 2 fully saturated rings. The maximum atomic E-state index is 13.7. The van der Waals surface area contributed by atoms with Crippen LogP contribution in [0.4, 0.5) is 0 Å². The van der Waals surface area contributed by atoms with Crippen molar-refractivity contribution in [1.29, 1.82) is 0 Å². The maximum Gasteiger partial charge on any atom is 0.262 e. The molecule has 0 saturated carbocycles. The summed E-state index contributed by atoms with van der Waals surface area (Å²) in [6.45, 7) is 5.41. The molecule has 4 heterocycles. The summed E-state index contributed by atoms with van der Waals surface area (Å²) in [6, 6.07) is 11.2. The van der Waals surface area contributed by atoms with Gasteiger partial charge in [0.1, 0.15) is 6.04 Å². The third-order valence-corrected chi connectivity index (χ3v) is 8.66. The fraction of sp³-hybridized carbons (Fsp3) is 0.444. The standard InChI is InChI=1S/C27H32ClN5O2S.ClH/c1-31-10-6-22(7-11-31)32-12-14-33(15-13-32)27(35)23(16-19-4-8-29-9-5-19)30-26(34)25-17-20-2-3-21(28)18-24(20)36-25;/h2-5,8-9,17-18,22-23H,6-7,10-16H2,1H3,(H,30,34);1H/t23-;/m1./s1. The van der Waals surface area contributed by atoms with Gasteiger partial charge in [-0.25, -0.2) is 0 Å². The van der Waals surface area contributed by atoms with Crippen molar-refractivity contribution >= 4 is 57.2 Å². The molecule has 0 aliphatic carbocycles. The van der Waals surface area contributed by atoms with Gasteiger partial charge in [0, 0.05) is 60.8 Å². The molecular weight excluding hydrogens is 529 g/mol. The second-order valence-corrected chi connectivity index (χ2v) is 11.3. The number of fused-ring (bicyclic) bond motifs is 1. The highest BCUT2D eigenvalue weighted by Gasteiger charge is 2.32. The Balaban J connectivity index is 0.00000320. The molecule has 7 nitrogen and oxygen atoms in total. The lowest BCUT2D eigenvalue weighted by Gasteiger charge is -2.42. The maximum absolute atomic E-state index is 13.7. The molecule has 0 bridgehead atoms. The van der Waals surface area contributed by atoms with E-state index < -0.39 is 6.04 Å². The third-order valence-electron chi connectivity index (χ3n) is 7.33. The molecule has 5 rings (SSSR count). The van der Waals surface area contributed by atoms with Gasteiger partial charge in [-0.2, -0.15) is 0 Å². The third kappa shape index (κ3) is 6.81. The molecular formula is C27H33Cl2N5O2S. The minimum atomic E-state index is -0.636. The zero-order chi connectivity index (χ0) is 25.1. The molecule has 198 valence electrons. The average Bonchev–Trinajstić information content (AvgIpc) is 3.32. The molecule has 2 aromatic heterocycles. The first-order chi connectivity index (χ1) is 17.5. The minimum absolute atomic E-state index is 0. The molecule has 2 aliphatic heterocycles. The van der Waals surface area contributed by atoms with Crippen molar-refractivity contribution < 1.29 is 9.59 Å². The number of pyridine rings is 1. The number of piperidine rings is 1. The number of thiophene rings is 1. The van der Waals surface area contributed by atoms with Crippen molar-refractivity contribution in [3.63, 3.8) is 0 Å². The zero-order valence-electron chi connectivity index (χ0n) is 20.9. The van der Waals surface area contributed by atoms with E-state index in [1.807, 2.05) is 41.3 Å². The molecule has 10 heteroatoms. The number of amides is 2. The smallest absolute Gasteiger partial charge is 0.262 e. The van der Waals surface area contributed by atoms with E-state index in [1.165, 1.54) is 24.2 Å². The number of piperazine rings is 1. The SMILES string of the molecule is CN1CCC(N2CCN(C(=O)[C@@H](Cc3ccncc3)NC(=O)c3cc4ccc(Cl)cc4s3)CC2)CC1.Cl. The minimum Gasteiger partial charge on any atom is -0.339 e. The molecule has 1 N–H and O–H groups in total. The Kier molecular flexibility index (Phi) is 9.42. The highest BCUT2D eigenvalue weighted by atomic mass is 35.5. The summed E-state index contributed by atoms with van der Waals surface area (Å²) in [5.74, 6) is -0.253. The van der Waals surface area contributed by atoms with E-state index in [9.17, 15) is 9.59 Å². The lowest BCUT2D eigenvalue weighted by atomic mass is 10.0. The van der Waals surface area contributed by atoms with E-state index in [0.717, 1.165) is 41.8 Å². The van der Waals surface area contributed by atoms with Crippen LogP contribution in [0.25, 0.3) is 10.1 Å². The molecule has 0 spiro atoms. The van der Waals surface area contributed by atoms with Crippen LogP contribution < -0.4 is 5.32 Å². The summed E-state index contributed by atoms with van der Waals surface area (Å²) in [6.07, 6.45) is 6.24. The van der Waals surface area contributed by atoms with Crippen LogP contribution in [0.1, 0.15) is 28.1 Å². The summed E-state index contributed by atoms with van der Waals surface area (Å²) in [5, 5.41) is 4.65. The predicted molar refractivity (Wildman–Crippen MR) is 152 cm³/mol. The van der Waals surface area contributed by atoms with Crippen molar-refractivity contribution in [1.82, 2.24) is 25.0 Å². The fourth-order valence-corrected chi connectivity index (χ4v) is 6.43. The van der Waals surface area contributed by atoms with Crippen molar-refractivity contribution in [2.45, 2.75) is 31.3 Å². The number of benzene rings is 1. The van der Waals surface area contributed by atoms with E-state index in [2.05, 4.69) is 27.1 Å². The second kappa shape index (κ2) is 12.5. The number of rotatable bonds is 6. The number of hydrogen-bond acceptors (Lipinski definition) is 6. The Hall–Kier alpha value is -2.23. The molecule has 0 radical (unpaired) electrons. The Morgan fingerprint density at radius 3 is 2.46 bits per heavy atom. The Labute approximate surface area is 233 Å². The predicted octanol–water partition coefficient (Wildman–Crippen LogP) is 3.95. The van der Waals surface area contributed by atoms with E-state index >= 15 is 0 Å². The van der Waals surface area contributed by atoms with Crippen LogP contribution in [0.15, 0.2) is 48.8 Å². The van der Waals surface area contributed by atoms with Gasteiger partial charge < -0.3 is 15.1 Å². The van der Waals surface area contributed by atoms with Gasteiger partial charge in [-0.15, -0.1) is 23.7 Å². The van der Waals surface area contributed by atoms with E-state index in [0.29, 0.717) is 35.5 Å². The first-order valence-electron chi connectivity index (χ1n) is 12.6. The van der Waals surface area contributed by atoms with Crippen LogP contribution in [-0.2, 0) is 11.2 Å². The van der Waals surface area contributed by atoms with Crippen molar-refractivity contribution in [2.75, 3.05) is 46.3 Å². The van der Waals surface area contributed by atoms with Crippen LogP contribution in [0.2, 0.25) is 5.02 Å². The van der Waals surface area contributed by atoms with Gasteiger partial charge in [-0.05, 0) is 74.3 Å². The normalized spacial score (nSPS) is 18.4. The summed E-state index contributed by atoms with van der Waals surface area (Å²) in [5.41, 5.74) is 0.969. The summed E-state index contributed by atoms with van der Waals surface area (Å²) in [4.78, 5) is 38.4. The summed E-state index contributed by atoms with van der Waals surface area (Å²) < 4.78 is 0.953. The largest absolute Gasteiger partial charge is 0.339 e. The van der Waals surface area contributed by atoms with Crippen LogP contribution >= 0.6 is 35.3 Å². The molecule has 37 heavy (non-hydrogen) atoms. The van der Waals surface area contributed by atoms with Crippen LogP contribution in [-0.4, -0.2) is 89.9 Å². The molecule has 3 aromatic rings. The second-order valence-electron chi connectivity index (χ2n) is 9.77. The van der Waals surface area contributed by atoms with Gasteiger partial charge in [0.15, 0.2) is 0 Å². The number of nitrogens with one attached hydrogen (secondary N) is 1. The van der Waals surface area contributed by atoms with Crippen molar-refractivity contribution in [2.24, 2.45) is 0 Å². The molecule has 2 saturated heterocycles. The number of hydrogen-bond donors (Lipinski definition) is 1. The lowest BCUT2D eigenvalue weighted by Crippen LogP contribution is -2.57. The van der Waals surface area contributed by atoms with E-state index in [-0.39, 0.29) is 24.2 Å². The van der Waals surface area contributed by atoms with Gasteiger partial charge in [0.2, 0.25) is 5.91 Å². The lowest BCUT2D eigenvalue weighted by molar-refractivity contribution is -0.135. The number of halogens is 2. The zero-order valence-corrected chi connectivity index (χ0v) is 23.3. The Bertz CT molecular complexity index is 1210. The number of carbonyl (C=O) groups is 2. The molecule has 0 unspecified atom stereocenters. The molecule has 2 aliphatic rings. The van der Waals surface area contributed by atoms with Crippen LogP contribution in [0.5, 0.6) is 0 Å². The Morgan fingerprint density at radius 1 is 1.05 bits per heavy atom. The number of carbonyl (C=O) groups excluding carboxylic acids is 2. The van der Waals surface area contributed by atoms with Gasteiger partial charge in [-0.1, -0.05) is 17.7 Å². The van der Waals surface area contributed by atoms with Gasteiger partial charge in [0.25, 0.3) is 5.91 Å². The molecule has 2 amide bonds. The highest BCUT2D eigenvalue weighted by Crippen LogP contribution is 2.28. The number of likely N-dealkylation sites (tertiary alicyclic amines) is 1. The van der Waals surface area contributed by atoms with Gasteiger partial charge >= 0.3 is 0 Å². The first kappa shape index (κ1) is 27.8. The summed E-state index contributed by atoms with van der Waals surface area (Å²) >= 11 is 7.51. The Morgan fingerprint density at radius 2 is 1.76 bits per heavy atom. The quantitative estimate of drug-likeness (QED) is 0.493. The fourth-order valence-electron chi connectivity index (χ4n) is 5.19. The molecule has 1 atom stereocenters. The molecule has 1 aromatic carbocycles. The van der Waals surface area contributed by atoms with Crippen molar-refractivity contribution in [3.05, 3.63) is 64.3 Å². The van der Waals surface area contributed by atoms with Gasteiger partial charge in [0.05, 0.1) is 4.88 Å². The van der Waals surface area contributed by atoms with E-state index in [1.54, 1.807) is 12.4 Å². The van der Waals surface area contributed by atoms with Gasteiger partial charge in [-0.3, -0.25) is 19.5 Å². The van der Waals surface area contributed by atoms with Crippen LogP contribution in [0.3, 0.4) is 0 Å². The van der Waals surface area contributed by atoms with Crippen LogP contribution in [0, 0.1) is 0 Å². The number of nitrogens with zero attached hydrogens (tertiary/aromatic N) is 4. The topological polar surface area (TPSA) is 68.8 Å². The monoisotopic (exact) mass is 561 g/mol. The summed E-state index contributed by atoms with van der Waals surface area (Å²) in [7, 11) is 2.18. The highest BCUT2D eigenvalue weighted by molar-refractivity contribution is 7.20. The number of aromatic nitrogens is 1. The first-order valence-corrected chi connectivity index (χ1v) is 13.8.